The van der Waals surface area contributed by atoms with Gasteiger partial charge in [0.1, 0.15) is 0 Å². The zero-order valence-electron chi connectivity index (χ0n) is 16.8. The van der Waals surface area contributed by atoms with Crippen molar-refractivity contribution in [3.05, 3.63) is 89.5 Å². The molecule has 3 aromatic carbocycles. The van der Waals surface area contributed by atoms with Crippen LogP contribution in [0.1, 0.15) is 16.7 Å². The van der Waals surface area contributed by atoms with E-state index in [4.69, 9.17) is 0 Å². The Labute approximate surface area is 187 Å². The number of thioether (sulfide) groups is 3. The van der Waals surface area contributed by atoms with Crippen molar-refractivity contribution in [3.8, 4) is 0 Å². The average molecular weight is 484 g/mol. The Morgan fingerprint density at radius 3 is 1.07 bits per heavy atom. The van der Waals surface area contributed by atoms with Crippen LogP contribution in [0.5, 0.6) is 0 Å². The van der Waals surface area contributed by atoms with E-state index in [1.54, 1.807) is 13.2 Å². The predicted octanol–water partition coefficient (Wildman–Crippen LogP) is 4.79. The third-order valence-corrected chi connectivity index (χ3v) is 13.0. The molecule has 0 aromatic heterocycles. The second kappa shape index (κ2) is 11.4. The molecule has 0 fully saturated rings. The fraction of sp³-hybridized carbons (Fsp3) is 0.250. The predicted molar refractivity (Wildman–Crippen MR) is 136 cm³/mol. The van der Waals surface area contributed by atoms with Gasteiger partial charge in [0, 0.05) is 0 Å². The van der Waals surface area contributed by atoms with Crippen molar-refractivity contribution in [1.29, 1.82) is 0 Å². The third kappa shape index (κ3) is 5.24. The molecular weight excluding hydrogens is 457 g/mol. The molecule has 0 saturated carbocycles. The normalized spacial score (nSPS) is 11.1. The second-order valence-electron chi connectivity index (χ2n) is 6.65. The third-order valence-electron chi connectivity index (χ3n) is 4.76. The van der Waals surface area contributed by atoms with Gasteiger partial charge in [-0.05, 0) is 0 Å². The van der Waals surface area contributed by atoms with Crippen LogP contribution in [0.4, 0.5) is 0 Å². The molecule has 0 amide bonds. The molecule has 0 spiro atoms. The minimum atomic E-state index is -1.93. The van der Waals surface area contributed by atoms with Gasteiger partial charge in [-0.15, -0.1) is 0 Å². The van der Waals surface area contributed by atoms with E-state index in [1.807, 2.05) is 35.3 Å². The summed E-state index contributed by atoms with van der Waals surface area (Å²) in [5.41, 5.74) is 4.55. The van der Waals surface area contributed by atoms with Crippen LogP contribution in [0, 0.1) is 0 Å². The van der Waals surface area contributed by atoms with E-state index in [0.29, 0.717) is 0 Å². The van der Waals surface area contributed by atoms with Gasteiger partial charge in [0.2, 0.25) is 0 Å². The first-order chi connectivity index (χ1) is 13.8. The molecule has 0 aliphatic rings. The zero-order chi connectivity index (χ0) is 19.8. The van der Waals surface area contributed by atoms with Crippen LogP contribution in [0.3, 0.4) is 0 Å². The van der Waals surface area contributed by atoms with E-state index in [-0.39, 0.29) is 0 Å². The van der Waals surface area contributed by atoms with Crippen molar-refractivity contribution in [1.82, 2.24) is 0 Å². The van der Waals surface area contributed by atoms with Crippen molar-refractivity contribution in [2.24, 2.45) is 0 Å². The molecule has 0 aliphatic heterocycles. The molecule has 0 unspecified atom stereocenters. The summed E-state index contributed by atoms with van der Waals surface area (Å²) in [7, 11) is 0. The van der Waals surface area contributed by atoms with Crippen LogP contribution in [-0.2, 0) is 17.3 Å². The van der Waals surface area contributed by atoms with Gasteiger partial charge < -0.3 is 0 Å². The molecule has 28 heavy (non-hydrogen) atoms. The fourth-order valence-electron chi connectivity index (χ4n) is 3.57. The van der Waals surface area contributed by atoms with Crippen molar-refractivity contribution in [2.75, 3.05) is 18.8 Å². The van der Waals surface area contributed by atoms with Gasteiger partial charge in [0.05, 0.1) is 0 Å². The van der Waals surface area contributed by atoms with Crippen LogP contribution in [-0.4, -0.2) is 33.1 Å². The maximum absolute atomic E-state index is 2.41. The van der Waals surface area contributed by atoms with Crippen LogP contribution in [0.2, 0.25) is 0 Å². The van der Waals surface area contributed by atoms with Crippen molar-refractivity contribution in [3.63, 3.8) is 0 Å². The van der Waals surface area contributed by atoms with Crippen molar-refractivity contribution >= 4 is 62.8 Å². The van der Waals surface area contributed by atoms with E-state index in [1.165, 1.54) is 16.7 Å². The monoisotopic (exact) mass is 485 g/mol. The Balaban J connectivity index is 2.25. The molecule has 0 nitrogen and oxygen atoms in total. The summed E-state index contributed by atoms with van der Waals surface area (Å²) in [6.07, 6.45) is 6.62. The van der Waals surface area contributed by atoms with E-state index in [2.05, 4.69) is 91.6 Å². The summed E-state index contributed by atoms with van der Waals surface area (Å²) in [5.74, 6) is 3.26. The van der Waals surface area contributed by atoms with Gasteiger partial charge in [0.15, 0.2) is 0 Å². The quantitative estimate of drug-likeness (QED) is 0.401. The number of hydrogen-bond donors (Lipinski definition) is 0. The van der Waals surface area contributed by atoms with Gasteiger partial charge in [-0.1, -0.05) is 0 Å². The zero-order valence-corrected chi connectivity index (χ0v) is 21.3. The Hall–Kier alpha value is -0.747. The second-order valence-corrected chi connectivity index (χ2v) is 14.2. The summed E-state index contributed by atoms with van der Waals surface area (Å²) in [6.45, 7) is 0. The molecular formula is C24H27GeS3. The molecule has 3 rings (SSSR count). The SMILES string of the molecule is CSCc1cccc[c]1[Ge]([c]1ccccc1CSC)[c]1ccccc1CSC. The molecule has 0 atom stereocenters. The van der Waals surface area contributed by atoms with E-state index < -0.39 is 14.3 Å². The summed E-state index contributed by atoms with van der Waals surface area (Å²) in [6, 6.07) is 27.6. The molecule has 0 N–H and O–H groups in total. The maximum atomic E-state index is 2.41. The number of rotatable bonds is 9. The summed E-state index contributed by atoms with van der Waals surface area (Å²) in [5, 5.41) is 0. The summed E-state index contributed by atoms with van der Waals surface area (Å²) in [4.78, 5) is 0. The molecule has 1 radical (unpaired) electrons. The Kier molecular flexibility index (Phi) is 8.97. The summed E-state index contributed by atoms with van der Waals surface area (Å²) < 4.78 is 4.83. The van der Waals surface area contributed by atoms with E-state index in [0.717, 1.165) is 17.3 Å². The molecule has 3 aromatic rings. The molecule has 0 bridgehead atoms. The topological polar surface area (TPSA) is 0 Å². The van der Waals surface area contributed by atoms with Gasteiger partial charge in [0.25, 0.3) is 0 Å². The average Bonchev–Trinajstić information content (AvgIpc) is 2.72. The number of benzene rings is 3. The molecule has 0 heterocycles. The first kappa shape index (κ1) is 21.9. The molecule has 145 valence electrons. The van der Waals surface area contributed by atoms with Gasteiger partial charge in [-0.3, -0.25) is 0 Å². The first-order valence-corrected chi connectivity index (χ1v) is 16.7. The van der Waals surface area contributed by atoms with Crippen molar-refractivity contribution in [2.45, 2.75) is 17.3 Å². The van der Waals surface area contributed by atoms with E-state index in [9.17, 15) is 0 Å². The van der Waals surface area contributed by atoms with Crippen LogP contribution < -0.4 is 13.2 Å². The van der Waals surface area contributed by atoms with Crippen LogP contribution in [0.25, 0.3) is 0 Å². The summed E-state index contributed by atoms with van der Waals surface area (Å²) >= 11 is 3.84. The fourth-order valence-corrected chi connectivity index (χ4v) is 12.6. The standard InChI is InChI=1S/C24H27GeS3/c1-26-16-19-10-4-7-13-22(19)25(23-14-8-5-11-20(23)17-27-2)24-15-9-6-12-21(24)18-28-3/h4-15H,16-18H2,1-3H3. The molecule has 0 saturated heterocycles. The first-order valence-electron chi connectivity index (χ1n) is 9.38. The van der Waals surface area contributed by atoms with E-state index >= 15 is 0 Å². The van der Waals surface area contributed by atoms with Gasteiger partial charge in [-0.2, -0.15) is 0 Å². The van der Waals surface area contributed by atoms with Crippen LogP contribution >= 0.6 is 35.3 Å². The molecule has 4 heteroatoms. The van der Waals surface area contributed by atoms with Gasteiger partial charge in [-0.25, -0.2) is 0 Å². The van der Waals surface area contributed by atoms with Gasteiger partial charge >= 0.3 is 188 Å². The Morgan fingerprint density at radius 1 is 0.500 bits per heavy atom. The number of hydrogen-bond acceptors (Lipinski definition) is 3. The Morgan fingerprint density at radius 2 is 0.786 bits per heavy atom. The Bertz CT molecular complexity index is 777. The van der Waals surface area contributed by atoms with Crippen LogP contribution in [0.15, 0.2) is 72.8 Å². The minimum absolute atomic E-state index is 1.09. The molecule has 0 aliphatic carbocycles. The van der Waals surface area contributed by atoms with Crippen molar-refractivity contribution < 1.29 is 0 Å².